The van der Waals surface area contributed by atoms with Gasteiger partial charge in [0.05, 0.1) is 22.7 Å². The van der Waals surface area contributed by atoms with Crippen LogP contribution in [0.4, 0.5) is 22.4 Å². The van der Waals surface area contributed by atoms with Crippen molar-refractivity contribution < 1.29 is 31.9 Å². The molecule has 0 bridgehead atoms. The minimum atomic E-state index is -4.57. The van der Waals surface area contributed by atoms with E-state index in [0.29, 0.717) is 12.8 Å². The molecule has 32 heavy (non-hydrogen) atoms. The Labute approximate surface area is 184 Å². The molecule has 0 radical (unpaired) electrons. The van der Waals surface area contributed by atoms with Crippen molar-refractivity contribution in [2.45, 2.75) is 24.6 Å². The van der Waals surface area contributed by atoms with Gasteiger partial charge in [-0.05, 0) is 48.6 Å². The third-order valence-corrected chi connectivity index (χ3v) is 5.90. The van der Waals surface area contributed by atoms with Crippen LogP contribution in [0.2, 0.25) is 5.02 Å². The number of halogens is 5. The van der Waals surface area contributed by atoms with Gasteiger partial charge in [-0.15, -0.1) is 0 Å². The lowest BCUT2D eigenvalue weighted by molar-refractivity contribution is -0.137. The highest BCUT2D eigenvalue weighted by molar-refractivity contribution is 6.31. The van der Waals surface area contributed by atoms with Crippen molar-refractivity contribution in [1.82, 2.24) is 16.0 Å². The zero-order valence-corrected chi connectivity index (χ0v) is 17.0. The molecule has 2 aromatic carbocycles. The van der Waals surface area contributed by atoms with E-state index >= 15 is 0 Å². The van der Waals surface area contributed by atoms with Crippen LogP contribution in [-0.2, 0) is 11.0 Å². The summed E-state index contributed by atoms with van der Waals surface area (Å²) in [4.78, 5) is 36.9. The molecule has 1 atom stereocenters. The first kappa shape index (κ1) is 22.1. The minimum absolute atomic E-state index is 0.0203. The van der Waals surface area contributed by atoms with E-state index in [1.165, 1.54) is 6.07 Å². The molecule has 0 aromatic heterocycles. The Balaban J connectivity index is 1.64. The van der Waals surface area contributed by atoms with Crippen LogP contribution in [0.3, 0.4) is 0 Å². The van der Waals surface area contributed by atoms with Crippen molar-refractivity contribution >= 4 is 29.4 Å². The summed E-state index contributed by atoms with van der Waals surface area (Å²) in [5.74, 6) is -2.45. The Morgan fingerprint density at radius 2 is 1.78 bits per heavy atom. The second-order valence-electron chi connectivity index (χ2n) is 7.70. The fourth-order valence-electron chi connectivity index (χ4n) is 3.80. The Morgan fingerprint density at radius 3 is 2.31 bits per heavy atom. The van der Waals surface area contributed by atoms with Gasteiger partial charge in [-0.1, -0.05) is 23.7 Å². The van der Waals surface area contributed by atoms with Crippen LogP contribution in [0.5, 0.6) is 0 Å². The van der Waals surface area contributed by atoms with Crippen molar-refractivity contribution in [2.75, 3.05) is 6.54 Å². The van der Waals surface area contributed by atoms with Gasteiger partial charge >= 0.3 is 12.2 Å². The van der Waals surface area contributed by atoms with Crippen LogP contribution in [0.25, 0.3) is 11.1 Å². The predicted octanol–water partition coefficient (Wildman–Crippen LogP) is 3.88. The molecule has 1 saturated carbocycles. The number of benzene rings is 2. The number of alkyl halides is 3. The van der Waals surface area contributed by atoms with E-state index < -0.39 is 40.9 Å². The summed E-state index contributed by atoms with van der Waals surface area (Å²) in [6.07, 6.45) is -3.19. The van der Waals surface area contributed by atoms with Crippen LogP contribution >= 0.6 is 11.6 Å². The number of carbonyl (C=O) groups excluding carboxylic acids is 3. The molecule has 0 unspecified atom stereocenters. The summed E-state index contributed by atoms with van der Waals surface area (Å²) in [5.41, 5.74) is -2.66. The number of carbonyl (C=O) groups is 3. The lowest BCUT2D eigenvalue weighted by atomic mass is 9.92. The van der Waals surface area contributed by atoms with E-state index in [0.717, 1.165) is 30.3 Å². The Bertz CT molecular complexity index is 1120. The molecule has 1 saturated heterocycles. The first-order valence-corrected chi connectivity index (χ1v) is 9.98. The lowest BCUT2D eigenvalue weighted by Crippen LogP contribution is -2.57. The molecular formula is C21H16ClF4N3O3. The summed E-state index contributed by atoms with van der Waals surface area (Å²) in [7, 11) is 0. The van der Waals surface area contributed by atoms with Crippen LogP contribution < -0.4 is 16.0 Å². The van der Waals surface area contributed by atoms with E-state index in [1.54, 1.807) is 0 Å². The minimum Gasteiger partial charge on any atom is -0.349 e. The number of hydrogen-bond acceptors (Lipinski definition) is 3. The van der Waals surface area contributed by atoms with Gasteiger partial charge in [-0.25, -0.2) is 9.18 Å². The van der Waals surface area contributed by atoms with Crippen LogP contribution in [-0.4, -0.2) is 29.9 Å². The molecule has 6 nitrogen and oxygen atoms in total. The number of hydrogen-bond donors (Lipinski definition) is 3. The van der Waals surface area contributed by atoms with Gasteiger partial charge in [0.1, 0.15) is 11.4 Å². The molecule has 1 aliphatic carbocycles. The molecule has 2 aromatic rings. The Morgan fingerprint density at radius 1 is 1.12 bits per heavy atom. The Hall–Kier alpha value is -3.14. The zero-order chi connectivity index (χ0) is 23.3. The molecule has 4 rings (SSSR count). The number of rotatable bonds is 5. The molecule has 2 fully saturated rings. The van der Waals surface area contributed by atoms with Crippen molar-refractivity contribution in [2.24, 2.45) is 5.92 Å². The first-order chi connectivity index (χ1) is 15.0. The SMILES string of the molecule is O=C1NC(=O)[C@](CNC(=O)c2ccc(Cl)c(F)c2-c2ccc(C(F)(F)F)cc2)(C2CC2)N1. The van der Waals surface area contributed by atoms with E-state index in [9.17, 15) is 31.9 Å². The predicted molar refractivity (Wildman–Crippen MR) is 106 cm³/mol. The van der Waals surface area contributed by atoms with Crippen molar-refractivity contribution in [1.29, 1.82) is 0 Å². The largest absolute Gasteiger partial charge is 0.416 e. The van der Waals surface area contributed by atoms with Crippen LogP contribution in [0.1, 0.15) is 28.8 Å². The van der Waals surface area contributed by atoms with Gasteiger partial charge in [0.25, 0.3) is 11.8 Å². The normalized spacial score (nSPS) is 20.7. The van der Waals surface area contributed by atoms with Gasteiger partial charge in [0, 0.05) is 5.56 Å². The monoisotopic (exact) mass is 469 g/mol. The number of imide groups is 1. The maximum Gasteiger partial charge on any atom is 0.416 e. The first-order valence-electron chi connectivity index (χ1n) is 9.60. The van der Waals surface area contributed by atoms with E-state index in [-0.39, 0.29) is 34.2 Å². The molecule has 11 heteroatoms. The van der Waals surface area contributed by atoms with Crippen molar-refractivity contribution in [3.63, 3.8) is 0 Å². The second kappa shape index (κ2) is 7.77. The van der Waals surface area contributed by atoms with Crippen molar-refractivity contribution in [3.8, 4) is 11.1 Å². The maximum atomic E-state index is 14.9. The summed E-state index contributed by atoms with van der Waals surface area (Å²) >= 11 is 5.84. The number of urea groups is 1. The summed E-state index contributed by atoms with van der Waals surface area (Å²) < 4.78 is 53.5. The van der Waals surface area contributed by atoms with Gasteiger partial charge < -0.3 is 10.6 Å². The third-order valence-electron chi connectivity index (χ3n) is 5.61. The molecule has 4 amide bonds. The molecule has 1 heterocycles. The zero-order valence-electron chi connectivity index (χ0n) is 16.3. The summed E-state index contributed by atoms with van der Waals surface area (Å²) in [6.45, 7) is -0.231. The highest BCUT2D eigenvalue weighted by Crippen LogP contribution is 2.41. The fraction of sp³-hybridized carbons (Fsp3) is 0.286. The molecule has 1 aliphatic heterocycles. The molecular weight excluding hydrogens is 454 g/mol. The average Bonchev–Trinajstić information content (AvgIpc) is 3.53. The molecule has 168 valence electrons. The second-order valence-corrected chi connectivity index (χ2v) is 8.10. The van der Waals surface area contributed by atoms with Gasteiger partial charge in [-0.3, -0.25) is 14.9 Å². The maximum absolute atomic E-state index is 14.9. The summed E-state index contributed by atoms with van der Waals surface area (Å²) in [5, 5.41) is 6.94. The van der Waals surface area contributed by atoms with E-state index in [4.69, 9.17) is 11.6 Å². The third kappa shape index (κ3) is 3.90. The smallest absolute Gasteiger partial charge is 0.349 e. The number of amides is 4. The van der Waals surface area contributed by atoms with E-state index in [2.05, 4.69) is 16.0 Å². The van der Waals surface area contributed by atoms with Gasteiger partial charge in [0.2, 0.25) is 0 Å². The van der Waals surface area contributed by atoms with Gasteiger partial charge in [-0.2, -0.15) is 13.2 Å². The van der Waals surface area contributed by atoms with Gasteiger partial charge in [0.15, 0.2) is 0 Å². The topological polar surface area (TPSA) is 87.3 Å². The Kier molecular flexibility index (Phi) is 5.36. The highest BCUT2D eigenvalue weighted by Gasteiger charge is 2.56. The molecule has 3 N–H and O–H groups in total. The fourth-order valence-corrected chi connectivity index (χ4v) is 3.96. The van der Waals surface area contributed by atoms with Crippen molar-refractivity contribution in [3.05, 3.63) is 58.4 Å². The van der Waals surface area contributed by atoms with E-state index in [1.807, 2.05) is 0 Å². The molecule has 2 aliphatic rings. The highest BCUT2D eigenvalue weighted by atomic mass is 35.5. The average molecular weight is 470 g/mol. The molecule has 0 spiro atoms. The quantitative estimate of drug-likeness (QED) is 0.459. The lowest BCUT2D eigenvalue weighted by Gasteiger charge is -2.26. The number of nitrogens with one attached hydrogen (secondary N) is 3. The summed E-state index contributed by atoms with van der Waals surface area (Å²) in [6, 6.07) is 5.37. The van der Waals surface area contributed by atoms with Crippen LogP contribution in [0, 0.1) is 11.7 Å². The van der Waals surface area contributed by atoms with Crippen LogP contribution in [0.15, 0.2) is 36.4 Å². The standard InChI is InChI=1S/C21H16ClF4N3O3/c22-14-8-7-13(15(16(14)23)10-1-3-12(4-2-10)21(24,25)26)17(30)27-9-20(11-5-6-11)18(31)28-19(32)29-20/h1-4,7-8,11H,5-6,9H2,(H,27,30)(H2,28,29,31,32)/t20-/m0/s1.